The van der Waals surface area contributed by atoms with Gasteiger partial charge in [0.05, 0.1) is 6.61 Å². The van der Waals surface area contributed by atoms with Crippen molar-refractivity contribution in [3.05, 3.63) is 34.9 Å². The highest BCUT2D eigenvalue weighted by molar-refractivity contribution is 6.30. The van der Waals surface area contributed by atoms with Gasteiger partial charge < -0.3 is 10.1 Å². The highest BCUT2D eigenvalue weighted by Crippen LogP contribution is 2.46. The van der Waals surface area contributed by atoms with Crippen LogP contribution in [0.2, 0.25) is 5.02 Å². The molecule has 1 atom stereocenters. The van der Waals surface area contributed by atoms with Crippen molar-refractivity contribution in [2.24, 2.45) is 0 Å². The standard InChI is InChI=1S/C13H16ClNO/c14-11-3-1-2-10(8-11)13(5-6-13)15-12-4-7-16-9-12/h1-3,8,12,15H,4-7,9H2/t12-/m0/s1. The molecule has 0 radical (unpaired) electrons. The summed E-state index contributed by atoms with van der Waals surface area (Å²) in [7, 11) is 0. The Hall–Kier alpha value is -0.570. The van der Waals surface area contributed by atoms with Gasteiger partial charge in [-0.25, -0.2) is 0 Å². The maximum Gasteiger partial charge on any atom is 0.0620 e. The third kappa shape index (κ3) is 1.97. The SMILES string of the molecule is Clc1cccc(C2(N[C@H]3CCOC3)CC2)c1. The van der Waals surface area contributed by atoms with E-state index in [-0.39, 0.29) is 5.54 Å². The second-order valence-electron chi connectivity index (χ2n) is 4.80. The van der Waals surface area contributed by atoms with Crippen LogP contribution < -0.4 is 5.32 Å². The first-order valence-electron chi connectivity index (χ1n) is 5.90. The Kier molecular flexibility index (Phi) is 2.66. The molecular formula is C13H16ClNO. The zero-order valence-corrected chi connectivity index (χ0v) is 9.96. The molecule has 1 N–H and O–H groups in total. The number of rotatable bonds is 3. The lowest BCUT2D eigenvalue weighted by Gasteiger charge is -2.22. The second-order valence-corrected chi connectivity index (χ2v) is 5.23. The number of nitrogens with one attached hydrogen (secondary N) is 1. The van der Waals surface area contributed by atoms with Crippen LogP contribution in [0.3, 0.4) is 0 Å². The van der Waals surface area contributed by atoms with Crippen LogP contribution in [0, 0.1) is 0 Å². The number of benzene rings is 1. The highest BCUT2D eigenvalue weighted by Gasteiger charge is 2.45. The van der Waals surface area contributed by atoms with E-state index < -0.39 is 0 Å². The van der Waals surface area contributed by atoms with Crippen LogP contribution in [0.4, 0.5) is 0 Å². The van der Waals surface area contributed by atoms with Crippen LogP contribution in [0.5, 0.6) is 0 Å². The molecule has 2 aliphatic rings. The summed E-state index contributed by atoms with van der Waals surface area (Å²) in [5, 5.41) is 4.55. The molecule has 1 aliphatic carbocycles. The van der Waals surface area contributed by atoms with Crippen molar-refractivity contribution in [3.63, 3.8) is 0 Å². The molecule has 3 heteroatoms. The predicted molar refractivity (Wildman–Crippen MR) is 64.7 cm³/mol. The van der Waals surface area contributed by atoms with Crippen LogP contribution >= 0.6 is 11.6 Å². The molecule has 2 nitrogen and oxygen atoms in total. The monoisotopic (exact) mass is 237 g/mol. The first kappa shape index (κ1) is 10.6. The molecule has 0 aromatic heterocycles. The molecule has 3 rings (SSSR count). The quantitative estimate of drug-likeness (QED) is 0.873. The smallest absolute Gasteiger partial charge is 0.0620 e. The maximum atomic E-state index is 6.04. The van der Waals surface area contributed by atoms with E-state index in [1.165, 1.54) is 18.4 Å². The van der Waals surface area contributed by atoms with Crippen molar-refractivity contribution < 1.29 is 4.74 Å². The summed E-state index contributed by atoms with van der Waals surface area (Å²) in [5.41, 5.74) is 1.51. The van der Waals surface area contributed by atoms with E-state index in [1.54, 1.807) is 0 Å². The molecule has 0 spiro atoms. The molecule has 86 valence electrons. The van der Waals surface area contributed by atoms with Crippen molar-refractivity contribution in [3.8, 4) is 0 Å². The summed E-state index contributed by atoms with van der Waals surface area (Å²) in [5.74, 6) is 0. The van der Waals surface area contributed by atoms with Crippen molar-refractivity contribution in [2.45, 2.75) is 30.8 Å². The minimum Gasteiger partial charge on any atom is -0.380 e. The lowest BCUT2D eigenvalue weighted by molar-refractivity contribution is 0.187. The third-order valence-electron chi connectivity index (χ3n) is 3.54. The summed E-state index contributed by atoms with van der Waals surface area (Å²) < 4.78 is 5.40. The Morgan fingerprint density at radius 3 is 2.88 bits per heavy atom. The molecule has 1 aromatic carbocycles. The van der Waals surface area contributed by atoms with Gasteiger partial charge in [0.15, 0.2) is 0 Å². The Balaban J connectivity index is 1.77. The fourth-order valence-electron chi connectivity index (χ4n) is 2.47. The van der Waals surface area contributed by atoms with Gasteiger partial charge in [-0.1, -0.05) is 23.7 Å². The average Bonchev–Trinajstić information content (AvgIpc) is 2.87. The maximum absolute atomic E-state index is 6.04. The van der Waals surface area contributed by atoms with E-state index in [4.69, 9.17) is 16.3 Å². The third-order valence-corrected chi connectivity index (χ3v) is 3.77. The number of hydrogen-bond acceptors (Lipinski definition) is 2. The fraction of sp³-hybridized carbons (Fsp3) is 0.538. The summed E-state index contributed by atoms with van der Waals surface area (Å²) in [6.45, 7) is 1.74. The number of ether oxygens (including phenoxy) is 1. The zero-order chi connectivity index (χ0) is 11.0. The molecule has 2 fully saturated rings. The molecule has 1 saturated heterocycles. The molecule has 1 aromatic rings. The molecule has 0 unspecified atom stereocenters. The van der Waals surface area contributed by atoms with Crippen LogP contribution in [0.25, 0.3) is 0 Å². The number of hydrogen-bond donors (Lipinski definition) is 1. The Bertz CT molecular complexity index is 383. The van der Waals surface area contributed by atoms with Crippen LogP contribution in [0.15, 0.2) is 24.3 Å². The first-order chi connectivity index (χ1) is 7.78. The summed E-state index contributed by atoms with van der Waals surface area (Å²) in [4.78, 5) is 0. The molecule has 0 bridgehead atoms. The largest absolute Gasteiger partial charge is 0.380 e. The van der Waals surface area contributed by atoms with Gasteiger partial charge in [-0.15, -0.1) is 0 Å². The summed E-state index contributed by atoms with van der Waals surface area (Å²) >= 11 is 6.04. The lowest BCUT2D eigenvalue weighted by Crippen LogP contribution is -2.38. The zero-order valence-electron chi connectivity index (χ0n) is 9.21. The second kappa shape index (κ2) is 4.02. The van der Waals surface area contributed by atoms with Crippen LogP contribution in [-0.4, -0.2) is 19.3 Å². The minimum atomic E-state index is 0.184. The van der Waals surface area contributed by atoms with Gasteiger partial charge in [-0.2, -0.15) is 0 Å². The van der Waals surface area contributed by atoms with Gasteiger partial charge in [-0.3, -0.25) is 0 Å². The van der Waals surface area contributed by atoms with E-state index in [1.807, 2.05) is 12.1 Å². The van der Waals surface area contributed by atoms with Crippen LogP contribution in [0.1, 0.15) is 24.8 Å². The van der Waals surface area contributed by atoms with E-state index >= 15 is 0 Å². The summed E-state index contributed by atoms with van der Waals surface area (Å²) in [6.07, 6.45) is 3.55. The molecule has 1 heterocycles. The van der Waals surface area contributed by atoms with Crippen molar-refractivity contribution >= 4 is 11.6 Å². The summed E-state index contributed by atoms with van der Waals surface area (Å²) in [6, 6.07) is 8.73. The van der Waals surface area contributed by atoms with Gasteiger partial charge in [0.1, 0.15) is 0 Å². The van der Waals surface area contributed by atoms with E-state index in [9.17, 15) is 0 Å². The Labute approximate surface area is 101 Å². The van der Waals surface area contributed by atoms with Gasteiger partial charge in [-0.05, 0) is 37.0 Å². The average molecular weight is 238 g/mol. The van der Waals surface area contributed by atoms with Crippen molar-refractivity contribution in [1.82, 2.24) is 5.32 Å². The normalized spacial score (nSPS) is 26.9. The van der Waals surface area contributed by atoms with Gasteiger partial charge in [0, 0.05) is 23.2 Å². The Morgan fingerprint density at radius 2 is 2.25 bits per heavy atom. The number of halogens is 1. The molecule has 0 amide bonds. The van der Waals surface area contributed by atoms with Gasteiger partial charge >= 0.3 is 0 Å². The lowest BCUT2D eigenvalue weighted by atomic mass is 10.0. The first-order valence-corrected chi connectivity index (χ1v) is 6.28. The van der Waals surface area contributed by atoms with E-state index in [2.05, 4.69) is 17.4 Å². The van der Waals surface area contributed by atoms with Crippen molar-refractivity contribution in [2.75, 3.05) is 13.2 Å². The van der Waals surface area contributed by atoms with E-state index in [0.29, 0.717) is 6.04 Å². The topological polar surface area (TPSA) is 21.3 Å². The van der Waals surface area contributed by atoms with Gasteiger partial charge in [0.25, 0.3) is 0 Å². The fourth-order valence-corrected chi connectivity index (χ4v) is 2.66. The van der Waals surface area contributed by atoms with Crippen molar-refractivity contribution in [1.29, 1.82) is 0 Å². The van der Waals surface area contributed by atoms with Gasteiger partial charge in [0.2, 0.25) is 0 Å². The highest BCUT2D eigenvalue weighted by atomic mass is 35.5. The van der Waals surface area contributed by atoms with Crippen LogP contribution in [-0.2, 0) is 10.3 Å². The van der Waals surface area contributed by atoms with E-state index in [0.717, 1.165) is 24.7 Å². The molecule has 16 heavy (non-hydrogen) atoms. The predicted octanol–water partition coefficient (Wildman–Crippen LogP) is 2.71. The Morgan fingerprint density at radius 1 is 1.38 bits per heavy atom. The molecular weight excluding hydrogens is 222 g/mol. The molecule has 1 saturated carbocycles. The molecule has 1 aliphatic heterocycles. The minimum absolute atomic E-state index is 0.184.